The molecule has 3 aliphatic heterocycles. The van der Waals surface area contributed by atoms with E-state index >= 15 is 8.78 Å². The SMILES string of the molecule is O=C(O)C(c1ccccc1COC1COC1)N1CC[C@@H](C(F)(F)CCCCc2ccc3c(n2)NCCC3)C1. The Hall–Kier alpha value is -2.62. The molecule has 9 heteroatoms. The highest BCUT2D eigenvalue weighted by atomic mass is 19.3. The van der Waals surface area contributed by atoms with Crippen LogP contribution in [-0.2, 0) is 33.7 Å². The number of unbranched alkanes of at least 4 members (excludes halogenated alkanes) is 1. The summed E-state index contributed by atoms with van der Waals surface area (Å²) < 4.78 is 41.4. The van der Waals surface area contributed by atoms with Crippen LogP contribution in [0.5, 0.6) is 0 Å². The topological polar surface area (TPSA) is 83.9 Å². The molecular formula is C29H37F2N3O4. The van der Waals surface area contributed by atoms with Crippen LogP contribution in [0, 0.1) is 5.92 Å². The number of aliphatic carboxylic acids is 1. The second-order valence-electron chi connectivity index (χ2n) is 10.7. The summed E-state index contributed by atoms with van der Waals surface area (Å²) in [5.41, 5.74) is 3.54. The van der Waals surface area contributed by atoms with E-state index in [2.05, 4.69) is 16.4 Å². The van der Waals surface area contributed by atoms with E-state index in [1.807, 2.05) is 18.2 Å². The van der Waals surface area contributed by atoms with Gasteiger partial charge in [-0.2, -0.15) is 0 Å². The van der Waals surface area contributed by atoms with Crippen molar-refractivity contribution in [2.75, 3.05) is 38.2 Å². The van der Waals surface area contributed by atoms with Crippen molar-refractivity contribution in [1.82, 2.24) is 9.88 Å². The first-order chi connectivity index (χ1) is 18.4. The number of alkyl halides is 2. The van der Waals surface area contributed by atoms with Gasteiger partial charge in [-0.25, -0.2) is 13.8 Å². The highest BCUT2D eigenvalue weighted by molar-refractivity contribution is 5.76. The third kappa shape index (κ3) is 6.33. The molecule has 2 aromatic rings. The number of carbonyl (C=O) groups is 1. The number of hydrogen-bond donors (Lipinski definition) is 2. The molecule has 0 aliphatic carbocycles. The number of aryl methyl sites for hydroxylation is 2. The summed E-state index contributed by atoms with van der Waals surface area (Å²) in [4.78, 5) is 18.7. The van der Waals surface area contributed by atoms with E-state index in [1.54, 1.807) is 17.0 Å². The summed E-state index contributed by atoms with van der Waals surface area (Å²) in [6, 6.07) is 10.4. The largest absolute Gasteiger partial charge is 0.480 e. The molecule has 1 aromatic carbocycles. The van der Waals surface area contributed by atoms with Gasteiger partial charge >= 0.3 is 5.97 Å². The van der Waals surface area contributed by atoms with Crippen LogP contribution in [0.2, 0.25) is 0 Å². The first-order valence-corrected chi connectivity index (χ1v) is 13.8. The van der Waals surface area contributed by atoms with E-state index in [0.29, 0.717) is 44.6 Å². The molecule has 0 radical (unpaired) electrons. The van der Waals surface area contributed by atoms with Gasteiger partial charge < -0.3 is 19.9 Å². The highest BCUT2D eigenvalue weighted by Crippen LogP contribution is 2.40. The first-order valence-electron chi connectivity index (χ1n) is 13.8. The fourth-order valence-corrected chi connectivity index (χ4v) is 5.68. The van der Waals surface area contributed by atoms with E-state index in [0.717, 1.165) is 36.5 Å². The normalized spacial score (nSPS) is 20.9. The molecule has 4 heterocycles. The zero-order valence-corrected chi connectivity index (χ0v) is 21.7. The van der Waals surface area contributed by atoms with Gasteiger partial charge in [-0.05, 0) is 67.8 Å². The molecule has 2 saturated heterocycles. The number of hydrogen-bond acceptors (Lipinski definition) is 6. The summed E-state index contributed by atoms with van der Waals surface area (Å²) >= 11 is 0. The Labute approximate surface area is 222 Å². The van der Waals surface area contributed by atoms with Gasteiger partial charge in [0.05, 0.1) is 19.8 Å². The van der Waals surface area contributed by atoms with Gasteiger partial charge in [0.1, 0.15) is 18.0 Å². The van der Waals surface area contributed by atoms with Crippen molar-refractivity contribution in [3.63, 3.8) is 0 Å². The maximum atomic E-state index is 15.2. The lowest BCUT2D eigenvalue weighted by Gasteiger charge is -2.29. The van der Waals surface area contributed by atoms with Crippen LogP contribution in [0.3, 0.4) is 0 Å². The lowest BCUT2D eigenvalue weighted by molar-refractivity contribution is -0.144. The summed E-state index contributed by atoms with van der Waals surface area (Å²) in [5.74, 6) is -3.79. The number of anilines is 1. The summed E-state index contributed by atoms with van der Waals surface area (Å²) in [7, 11) is 0. The maximum absolute atomic E-state index is 15.2. The molecule has 0 amide bonds. The van der Waals surface area contributed by atoms with Gasteiger partial charge in [-0.1, -0.05) is 30.3 Å². The second kappa shape index (κ2) is 12.1. The standard InChI is InChI=1S/C29H37F2N3O4/c30-29(31,13-4-3-8-23-11-10-20-7-5-14-32-27(20)33-23)22-12-15-34(16-22)26(28(35)36)25-9-2-1-6-21(25)17-38-24-18-37-19-24/h1-2,6,9-11,22,24,26H,3-5,7-8,12-19H2,(H,32,33)(H,35,36)/t22-,26?/m1/s1. The Kier molecular flexibility index (Phi) is 8.55. The van der Waals surface area contributed by atoms with E-state index in [-0.39, 0.29) is 32.1 Å². The van der Waals surface area contributed by atoms with Crippen molar-refractivity contribution in [1.29, 1.82) is 0 Å². The number of carboxylic acid groups (broad SMARTS) is 1. The molecule has 2 fully saturated rings. The third-order valence-electron chi connectivity index (χ3n) is 7.99. The molecule has 1 unspecified atom stereocenters. The number of aromatic nitrogens is 1. The van der Waals surface area contributed by atoms with Crippen LogP contribution in [0.25, 0.3) is 0 Å². The number of fused-ring (bicyclic) bond motifs is 1. The highest BCUT2D eigenvalue weighted by Gasteiger charge is 2.45. The van der Waals surface area contributed by atoms with Crippen molar-refractivity contribution in [2.24, 2.45) is 5.92 Å². The molecule has 0 spiro atoms. The minimum atomic E-state index is -2.84. The molecule has 5 rings (SSSR count). The number of nitrogens with zero attached hydrogens (tertiary/aromatic N) is 2. The molecule has 2 atom stereocenters. The summed E-state index contributed by atoms with van der Waals surface area (Å²) in [6.07, 6.45) is 3.96. The molecular weight excluding hydrogens is 492 g/mol. The molecule has 1 aromatic heterocycles. The first kappa shape index (κ1) is 27.0. The Morgan fingerprint density at radius 2 is 2.08 bits per heavy atom. The maximum Gasteiger partial charge on any atom is 0.325 e. The van der Waals surface area contributed by atoms with Gasteiger partial charge in [0.2, 0.25) is 0 Å². The van der Waals surface area contributed by atoms with Crippen molar-refractivity contribution < 1.29 is 28.2 Å². The van der Waals surface area contributed by atoms with Gasteiger partial charge in [0, 0.05) is 31.1 Å². The quantitative estimate of drug-likeness (QED) is 0.380. The predicted octanol–water partition coefficient (Wildman–Crippen LogP) is 4.85. The number of nitrogens with one attached hydrogen (secondary N) is 1. The molecule has 206 valence electrons. The fourth-order valence-electron chi connectivity index (χ4n) is 5.68. The van der Waals surface area contributed by atoms with Crippen molar-refractivity contribution in [3.05, 3.63) is 58.8 Å². The van der Waals surface area contributed by atoms with Gasteiger partial charge in [-0.15, -0.1) is 0 Å². The zero-order valence-electron chi connectivity index (χ0n) is 21.7. The lowest BCUT2D eigenvalue weighted by atomic mass is 9.94. The minimum absolute atomic E-state index is 0.0147. The van der Waals surface area contributed by atoms with Gasteiger partial charge in [0.15, 0.2) is 0 Å². The number of carboxylic acids is 1. The smallest absolute Gasteiger partial charge is 0.325 e. The van der Waals surface area contributed by atoms with Crippen LogP contribution in [-0.4, -0.2) is 65.8 Å². The van der Waals surface area contributed by atoms with E-state index in [4.69, 9.17) is 9.47 Å². The van der Waals surface area contributed by atoms with Gasteiger partial charge in [0.25, 0.3) is 5.92 Å². The zero-order chi connectivity index (χ0) is 26.5. The third-order valence-corrected chi connectivity index (χ3v) is 7.99. The van der Waals surface area contributed by atoms with Crippen LogP contribution in [0.4, 0.5) is 14.6 Å². The summed E-state index contributed by atoms with van der Waals surface area (Å²) in [6.45, 7) is 2.66. The predicted molar refractivity (Wildman–Crippen MR) is 139 cm³/mol. The minimum Gasteiger partial charge on any atom is -0.480 e. The average Bonchev–Trinajstić information content (AvgIpc) is 3.37. The second-order valence-corrected chi connectivity index (χ2v) is 10.7. The molecule has 2 N–H and O–H groups in total. The Morgan fingerprint density at radius 3 is 2.87 bits per heavy atom. The van der Waals surface area contributed by atoms with Crippen molar-refractivity contribution >= 4 is 11.8 Å². The Bertz CT molecular complexity index is 1110. The summed E-state index contributed by atoms with van der Waals surface area (Å²) in [5, 5.41) is 13.4. The van der Waals surface area contributed by atoms with E-state index in [9.17, 15) is 9.90 Å². The molecule has 38 heavy (non-hydrogen) atoms. The molecule has 0 bridgehead atoms. The number of halogens is 2. The molecule has 3 aliphatic rings. The van der Waals surface area contributed by atoms with E-state index < -0.39 is 23.9 Å². The Balaban J connectivity index is 1.15. The number of pyridine rings is 1. The number of likely N-dealkylation sites (tertiary alicyclic amines) is 1. The fraction of sp³-hybridized carbons (Fsp3) is 0.586. The number of benzene rings is 1. The van der Waals surface area contributed by atoms with E-state index in [1.165, 1.54) is 5.56 Å². The monoisotopic (exact) mass is 529 g/mol. The Morgan fingerprint density at radius 1 is 1.24 bits per heavy atom. The lowest BCUT2D eigenvalue weighted by Crippen LogP contribution is -2.37. The van der Waals surface area contributed by atoms with Crippen LogP contribution in [0.15, 0.2) is 36.4 Å². The number of ether oxygens (including phenoxy) is 2. The van der Waals surface area contributed by atoms with Crippen LogP contribution >= 0.6 is 0 Å². The molecule has 0 saturated carbocycles. The van der Waals surface area contributed by atoms with Crippen LogP contribution in [0.1, 0.15) is 60.5 Å². The van der Waals surface area contributed by atoms with Crippen molar-refractivity contribution in [3.8, 4) is 0 Å². The van der Waals surface area contributed by atoms with Crippen LogP contribution < -0.4 is 5.32 Å². The van der Waals surface area contributed by atoms with Crippen molar-refractivity contribution in [2.45, 2.75) is 69.6 Å². The average molecular weight is 530 g/mol. The van der Waals surface area contributed by atoms with Gasteiger partial charge in [-0.3, -0.25) is 9.69 Å². The molecule has 7 nitrogen and oxygen atoms in total. The number of rotatable bonds is 12.